The minimum Gasteiger partial charge on any atom is -0.495 e. The summed E-state index contributed by atoms with van der Waals surface area (Å²) in [5.41, 5.74) is 7.83. The molecule has 0 unspecified atom stereocenters. The van der Waals surface area contributed by atoms with E-state index in [1.165, 1.54) is 7.11 Å². The lowest BCUT2D eigenvalue weighted by Gasteiger charge is -2.04. The number of halogens is 2. The third-order valence-electron chi connectivity index (χ3n) is 2.47. The lowest BCUT2D eigenvalue weighted by atomic mass is 10.1. The van der Waals surface area contributed by atoms with Gasteiger partial charge in [0.05, 0.1) is 17.2 Å². The number of anilines is 1. The Morgan fingerprint density at radius 1 is 1.05 bits per heavy atom. The summed E-state index contributed by atoms with van der Waals surface area (Å²) >= 11 is 12.1. The van der Waals surface area contributed by atoms with Crippen LogP contribution < -0.4 is 10.5 Å². The van der Waals surface area contributed by atoms with Crippen molar-refractivity contribution in [2.24, 2.45) is 0 Å². The maximum absolute atomic E-state index is 6.11. The van der Waals surface area contributed by atoms with Gasteiger partial charge in [0.1, 0.15) is 5.75 Å². The van der Waals surface area contributed by atoms with Gasteiger partial charge in [-0.2, -0.15) is 0 Å². The number of ether oxygens (including phenoxy) is 1. The maximum atomic E-state index is 6.11. The molecule has 2 N–H and O–H groups in total. The van der Waals surface area contributed by atoms with Gasteiger partial charge < -0.3 is 10.5 Å². The molecule has 0 atom stereocenters. The highest BCUT2D eigenvalue weighted by Gasteiger charge is 2.05. The van der Waals surface area contributed by atoms with E-state index in [0.717, 1.165) is 5.56 Å². The Labute approximate surface area is 122 Å². The molecule has 0 saturated heterocycles. The van der Waals surface area contributed by atoms with E-state index >= 15 is 0 Å². The average molecular weight is 292 g/mol. The van der Waals surface area contributed by atoms with Gasteiger partial charge in [-0.05, 0) is 24.3 Å². The summed E-state index contributed by atoms with van der Waals surface area (Å²) in [5.74, 6) is 6.49. The smallest absolute Gasteiger partial charge is 0.139 e. The number of nitrogens with two attached hydrogens (primary N) is 1. The number of rotatable bonds is 1. The van der Waals surface area contributed by atoms with Crippen molar-refractivity contribution in [2.75, 3.05) is 12.8 Å². The largest absolute Gasteiger partial charge is 0.495 e. The first-order chi connectivity index (χ1) is 9.10. The van der Waals surface area contributed by atoms with Crippen molar-refractivity contribution in [3.63, 3.8) is 0 Å². The molecule has 0 aliphatic rings. The fourth-order valence-corrected chi connectivity index (χ4v) is 1.98. The number of hydrogen-bond donors (Lipinski definition) is 1. The Morgan fingerprint density at radius 2 is 1.84 bits per heavy atom. The van der Waals surface area contributed by atoms with Gasteiger partial charge in [-0.3, -0.25) is 0 Å². The minimum absolute atomic E-state index is 0.476. The Morgan fingerprint density at radius 3 is 2.53 bits per heavy atom. The van der Waals surface area contributed by atoms with E-state index in [0.29, 0.717) is 27.0 Å². The van der Waals surface area contributed by atoms with E-state index in [1.807, 2.05) is 18.2 Å². The molecular formula is C15H11Cl2NO. The highest BCUT2D eigenvalue weighted by Crippen LogP contribution is 2.30. The molecule has 0 bridgehead atoms. The van der Waals surface area contributed by atoms with Gasteiger partial charge in [-0.1, -0.05) is 41.1 Å². The second-order valence-electron chi connectivity index (χ2n) is 3.84. The molecule has 2 nitrogen and oxygen atoms in total. The SMILES string of the molecule is COc1cc(Cl)c(C#Cc2cccc(N)c2)cc1Cl. The third kappa shape index (κ3) is 3.35. The number of benzene rings is 2. The van der Waals surface area contributed by atoms with E-state index in [1.54, 1.807) is 18.2 Å². The molecule has 0 aliphatic carbocycles. The fourth-order valence-electron chi connectivity index (χ4n) is 1.54. The van der Waals surface area contributed by atoms with E-state index in [4.69, 9.17) is 33.7 Å². The Kier molecular flexibility index (Phi) is 4.21. The zero-order valence-corrected chi connectivity index (χ0v) is 11.7. The van der Waals surface area contributed by atoms with Crippen LogP contribution in [0.15, 0.2) is 36.4 Å². The molecule has 0 spiro atoms. The molecule has 0 saturated carbocycles. The molecule has 0 amide bonds. The summed E-state index contributed by atoms with van der Waals surface area (Å²) in [4.78, 5) is 0. The molecule has 0 aliphatic heterocycles. The van der Waals surface area contributed by atoms with Crippen LogP contribution in [0, 0.1) is 11.8 Å². The molecule has 0 fully saturated rings. The monoisotopic (exact) mass is 291 g/mol. The van der Waals surface area contributed by atoms with Crippen molar-refractivity contribution in [3.05, 3.63) is 57.6 Å². The van der Waals surface area contributed by atoms with Crippen LogP contribution in [0.4, 0.5) is 5.69 Å². The summed E-state index contributed by atoms with van der Waals surface area (Å²) in [6.07, 6.45) is 0. The van der Waals surface area contributed by atoms with Crippen molar-refractivity contribution >= 4 is 28.9 Å². The van der Waals surface area contributed by atoms with Crippen molar-refractivity contribution in [2.45, 2.75) is 0 Å². The Bertz CT molecular complexity index is 672. The van der Waals surface area contributed by atoms with Gasteiger partial charge in [0.2, 0.25) is 0 Å². The van der Waals surface area contributed by atoms with Crippen molar-refractivity contribution in [1.29, 1.82) is 0 Å². The summed E-state index contributed by atoms with van der Waals surface area (Å²) in [7, 11) is 1.54. The average Bonchev–Trinajstić information content (AvgIpc) is 2.39. The third-order valence-corrected chi connectivity index (χ3v) is 3.08. The normalized spacial score (nSPS) is 9.63. The predicted molar refractivity (Wildman–Crippen MR) is 79.8 cm³/mol. The number of nitrogen functional groups attached to an aromatic ring is 1. The molecule has 2 aromatic carbocycles. The number of hydrogen-bond acceptors (Lipinski definition) is 2. The quantitative estimate of drug-likeness (QED) is 0.637. The predicted octanol–water partition coefficient (Wildman–Crippen LogP) is 3.98. The maximum Gasteiger partial charge on any atom is 0.139 e. The van der Waals surface area contributed by atoms with E-state index in [9.17, 15) is 0 Å². The topological polar surface area (TPSA) is 35.2 Å². The van der Waals surface area contributed by atoms with Gasteiger partial charge >= 0.3 is 0 Å². The molecule has 96 valence electrons. The highest BCUT2D eigenvalue weighted by atomic mass is 35.5. The highest BCUT2D eigenvalue weighted by molar-refractivity contribution is 6.35. The molecule has 2 aromatic rings. The van der Waals surface area contributed by atoms with Crippen LogP contribution in [-0.2, 0) is 0 Å². The first-order valence-electron chi connectivity index (χ1n) is 5.51. The fraction of sp³-hybridized carbons (Fsp3) is 0.0667. The molecule has 4 heteroatoms. The minimum atomic E-state index is 0.476. The summed E-state index contributed by atoms with van der Waals surface area (Å²) in [6.45, 7) is 0. The first-order valence-corrected chi connectivity index (χ1v) is 6.26. The standard InChI is InChI=1S/C15H11Cl2NO/c1-19-15-9-13(16)11(8-14(15)17)6-5-10-3-2-4-12(18)7-10/h2-4,7-9H,18H2,1H3. The number of methoxy groups -OCH3 is 1. The van der Waals surface area contributed by atoms with Gasteiger partial charge in [-0.25, -0.2) is 0 Å². The van der Waals surface area contributed by atoms with Crippen molar-refractivity contribution in [3.8, 4) is 17.6 Å². The molecule has 0 radical (unpaired) electrons. The van der Waals surface area contributed by atoms with E-state index < -0.39 is 0 Å². The van der Waals surface area contributed by atoms with Crippen molar-refractivity contribution in [1.82, 2.24) is 0 Å². The van der Waals surface area contributed by atoms with Crippen LogP contribution in [0.1, 0.15) is 11.1 Å². The van der Waals surface area contributed by atoms with Gasteiger partial charge in [0.25, 0.3) is 0 Å². The zero-order valence-electron chi connectivity index (χ0n) is 10.2. The lowest BCUT2D eigenvalue weighted by molar-refractivity contribution is 0.415. The summed E-state index contributed by atoms with van der Waals surface area (Å²) < 4.78 is 5.08. The van der Waals surface area contributed by atoms with Gasteiger partial charge in [-0.15, -0.1) is 0 Å². The molecule has 0 aromatic heterocycles. The van der Waals surface area contributed by atoms with Crippen LogP contribution in [0.25, 0.3) is 0 Å². The van der Waals surface area contributed by atoms with E-state index in [-0.39, 0.29) is 0 Å². The summed E-state index contributed by atoms with van der Waals surface area (Å²) in [6, 6.07) is 10.7. The Balaban J connectivity index is 2.37. The van der Waals surface area contributed by atoms with Crippen LogP contribution in [-0.4, -0.2) is 7.11 Å². The van der Waals surface area contributed by atoms with Crippen LogP contribution in [0.5, 0.6) is 5.75 Å². The molecule has 0 heterocycles. The van der Waals surface area contributed by atoms with E-state index in [2.05, 4.69) is 11.8 Å². The van der Waals surface area contributed by atoms with Gasteiger partial charge in [0, 0.05) is 22.9 Å². The van der Waals surface area contributed by atoms with Gasteiger partial charge in [0.15, 0.2) is 0 Å². The molecule has 19 heavy (non-hydrogen) atoms. The lowest BCUT2D eigenvalue weighted by Crippen LogP contribution is -1.87. The Hall–Kier alpha value is -1.82. The zero-order chi connectivity index (χ0) is 13.8. The van der Waals surface area contributed by atoms with Crippen LogP contribution >= 0.6 is 23.2 Å². The molecule has 2 rings (SSSR count). The second-order valence-corrected chi connectivity index (χ2v) is 4.66. The van der Waals surface area contributed by atoms with Crippen molar-refractivity contribution < 1.29 is 4.74 Å². The molecular weight excluding hydrogens is 281 g/mol. The second kappa shape index (κ2) is 5.88. The van der Waals surface area contributed by atoms with Crippen LogP contribution in [0.3, 0.4) is 0 Å². The first kappa shape index (κ1) is 13.6. The van der Waals surface area contributed by atoms with Crippen LogP contribution in [0.2, 0.25) is 10.0 Å². The summed E-state index contributed by atoms with van der Waals surface area (Å²) in [5, 5.41) is 0.974.